The minimum atomic E-state index is -0.677. The maximum absolute atomic E-state index is 10.5. The Hall–Kier alpha value is -1.63. The lowest BCUT2D eigenvalue weighted by molar-refractivity contribution is -0.0782. The van der Waals surface area contributed by atoms with E-state index in [1.54, 1.807) is 6.07 Å². The molecule has 1 fully saturated rings. The van der Waals surface area contributed by atoms with Gasteiger partial charge in [0.1, 0.15) is 5.52 Å². The molecule has 1 aliphatic heterocycles. The largest absolute Gasteiger partial charge is 0.439 e. The highest BCUT2D eigenvalue weighted by atomic mass is 16.5. The van der Waals surface area contributed by atoms with Crippen molar-refractivity contribution in [3.8, 4) is 0 Å². The van der Waals surface area contributed by atoms with Crippen molar-refractivity contribution >= 4 is 16.8 Å². The van der Waals surface area contributed by atoms with Gasteiger partial charge in [0.05, 0.1) is 12.1 Å². The third kappa shape index (κ3) is 3.34. The van der Waals surface area contributed by atoms with Gasteiger partial charge in [0.2, 0.25) is 5.89 Å². The molecule has 1 aromatic heterocycles. The van der Waals surface area contributed by atoms with Gasteiger partial charge in [-0.1, -0.05) is 0 Å². The molecule has 1 aromatic carbocycles. The topological polar surface area (TPSA) is 84.8 Å². The molecule has 1 saturated heterocycles. The Bertz CT molecular complexity index is 620. The van der Waals surface area contributed by atoms with Gasteiger partial charge in [0.25, 0.3) is 0 Å². The molecule has 2 heterocycles. The first-order chi connectivity index (χ1) is 10.0. The minimum absolute atomic E-state index is 0.553. The van der Waals surface area contributed by atoms with E-state index in [1.807, 2.05) is 24.1 Å². The second kappa shape index (κ2) is 5.63. The van der Waals surface area contributed by atoms with Gasteiger partial charge < -0.3 is 20.0 Å². The van der Waals surface area contributed by atoms with Gasteiger partial charge in [-0.2, -0.15) is 0 Å². The van der Waals surface area contributed by atoms with Crippen molar-refractivity contribution < 1.29 is 14.3 Å². The number of nitrogens with two attached hydrogens (primary N) is 1. The summed E-state index contributed by atoms with van der Waals surface area (Å²) in [5.41, 5.74) is 7.22. The van der Waals surface area contributed by atoms with E-state index >= 15 is 0 Å². The van der Waals surface area contributed by atoms with E-state index in [0.29, 0.717) is 56.3 Å². The third-order valence-corrected chi connectivity index (χ3v) is 3.85. The number of nitrogen functional groups attached to an aromatic ring is 1. The van der Waals surface area contributed by atoms with E-state index in [9.17, 15) is 5.11 Å². The van der Waals surface area contributed by atoms with Gasteiger partial charge >= 0.3 is 0 Å². The average molecular weight is 291 g/mol. The molecular formula is C15H21N3O3. The van der Waals surface area contributed by atoms with Gasteiger partial charge in [-0.25, -0.2) is 4.98 Å². The van der Waals surface area contributed by atoms with E-state index in [4.69, 9.17) is 14.9 Å². The SMILES string of the molecule is CN(Cc1nc2ccc(N)cc2o1)CC1(O)CCOCC1. The number of benzene rings is 1. The van der Waals surface area contributed by atoms with Crippen LogP contribution in [0.5, 0.6) is 0 Å². The number of anilines is 1. The van der Waals surface area contributed by atoms with Crippen molar-refractivity contribution in [2.45, 2.75) is 25.0 Å². The summed E-state index contributed by atoms with van der Waals surface area (Å²) in [6, 6.07) is 5.44. The summed E-state index contributed by atoms with van der Waals surface area (Å²) in [6.07, 6.45) is 1.34. The van der Waals surface area contributed by atoms with E-state index in [1.165, 1.54) is 0 Å². The number of aliphatic hydroxyl groups is 1. The average Bonchev–Trinajstić information content (AvgIpc) is 2.79. The van der Waals surface area contributed by atoms with Crippen molar-refractivity contribution in [2.75, 3.05) is 32.5 Å². The number of nitrogens with zero attached hydrogens (tertiary/aromatic N) is 2. The number of aromatic nitrogens is 1. The molecule has 0 saturated carbocycles. The van der Waals surface area contributed by atoms with E-state index < -0.39 is 5.60 Å². The first-order valence-electron chi connectivity index (χ1n) is 7.18. The predicted octanol–water partition coefficient (Wildman–Crippen LogP) is 1.38. The molecule has 0 radical (unpaired) electrons. The highest BCUT2D eigenvalue weighted by Crippen LogP contribution is 2.23. The van der Waals surface area contributed by atoms with Crippen LogP contribution in [-0.4, -0.2) is 47.4 Å². The Labute approximate surface area is 123 Å². The Morgan fingerprint density at radius 2 is 2.14 bits per heavy atom. The molecule has 0 spiro atoms. The van der Waals surface area contributed by atoms with Gasteiger partial charge in [0, 0.05) is 44.4 Å². The van der Waals surface area contributed by atoms with Crippen molar-refractivity contribution in [3.05, 3.63) is 24.1 Å². The molecule has 1 aliphatic rings. The Kier molecular flexibility index (Phi) is 3.84. The lowest BCUT2D eigenvalue weighted by Crippen LogP contribution is -2.45. The Morgan fingerprint density at radius 3 is 2.90 bits per heavy atom. The molecule has 3 rings (SSSR count). The smallest absolute Gasteiger partial charge is 0.209 e. The zero-order valence-electron chi connectivity index (χ0n) is 12.2. The zero-order valence-corrected chi connectivity index (χ0v) is 12.2. The molecule has 0 unspecified atom stereocenters. The number of likely N-dealkylation sites (N-methyl/N-ethyl adjacent to an activating group) is 1. The molecule has 0 atom stereocenters. The van der Waals surface area contributed by atoms with Crippen molar-refractivity contribution in [1.82, 2.24) is 9.88 Å². The van der Waals surface area contributed by atoms with E-state index in [-0.39, 0.29) is 0 Å². The lowest BCUT2D eigenvalue weighted by Gasteiger charge is -2.35. The molecule has 114 valence electrons. The van der Waals surface area contributed by atoms with Crippen LogP contribution in [0.2, 0.25) is 0 Å². The fourth-order valence-electron chi connectivity index (χ4n) is 2.76. The first kappa shape index (κ1) is 14.3. The van der Waals surface area contributed by atoms with Gasteiger partial charge in [-0.05, 0) is 19.2 Å². The summed E-state index contributed by atoms with van der Waals surface area (Å²) in [4.78, 5) is 6.47. The molecule has 0 bridgehead atoms. The molecule has 6 heteroatoms. The summed E-state index contributed by atoms with van der Waals surface area (Å²) in [5, 5.41) is 10.5. The van der Waals surface area contributed by atoms with Crippen LogP contribution in [-0.2, 0) is 11.3 Å². The van der Waals surface area contributed by atoms with Crippen LogP contribution >= 0.6 is 0 Å². The van der Waals surface area contributed by atoms with Crippen LogP contribution in [0.25, 0.3) is 11.1 Å². The van der Waals surface area contributed by atoms with Crippen LogP contribution in [0.1, 0.15) is 18.7 Å². The molecule has 2 aromatic rings. The summed E-state index contributed by atoms with van der Waals surface area (Å²) < 4.78 is 11.0. The summed E-state index contributed by atoms with van der Waals surface area (Å²) in [6.45, 7) is 2.37. The number of rotatable bonds is 4. The minimum Gasteiger partial charge on any atom is -0.439 e. The lowest BCUT2D eigenvalue weighted by atomic mass is 9.94. The standard InChI is InChI=1S/C15H21N3O3/c1-18(10-15(19)4-6-20-7-5-15)9-14-17-12-3-2-11(16)8-13(12)21-14/h2-3,8,19H,4-7,9-10,16H2,1H3. The summed E-state index contributed by atoms with van der Waals surface area (Å²) in [7, 11) is 1.96. The molecule has 6 nitrogen and oxygen atoms in total. The van der Waals surface area contributed by atoms with Crippen LogP contribution in [0.3, 0.4) is 0 Å². The summed E-state index contributed by atoms with van der Waals surface area (Å²) >= 11 is 0. The third-order valence-electron chi connectivity index (χ3n) is 3.85. The maximum Gasteiger partial charge on any atom is 0.209 e. The Morgan fingerprint density at radius 1 is 1.38 bits per heavy atom. The number of hydrogen-bond acceptors (Lipinski definition) is 6. The Balaban J connectivity index is 1.66. The van der Waals surface area contributed by atoms with Crippen LogP contribution in [0.4, 0.5) is 5.69 Å². The molecular weight excluding hydrogens is 270 g/mol. The second-order valence-electron chi connectivity index (χ2n) is 5.84. The monoisotopic (exact) mass is 291 g/mol. The van der Waals surface area contributed by atoms with Crippen molar-refractivity contribution in [2.24, 2.45) is 0 Å². The molecule has 3 N–H and O–H groups in total. The first-order valence-corrected chi connectivity index (χ1v) is 7.18. The fourth-order valence-corrected chi connectivity index (χ4v) is 2.76. The maximum atomic E-state index is 10.5. The normalized spacial score (nSPS) is 18.4. The highest BCUT2D eigenvalue weighted by molar-refractivity contribution is 5.76. The van der Waals surface area contributed by atoms with Gasteiger partial charge in [0.15, 0.2) is 5.58 Å². The van der Waals surface area contributed by atoms with Crippen LogP contribution < -0.4 is 5.73 Å². The summed E-state index contributed by atoms with van der Waals surface area (Å²) in [5.74, 6) is 0.633. The van der Waals surface area contributed by atoms with Crippen LogP contribution in [0, 0.1) is 0 Å². The fraction of sp³-hybridized carbons (Fsp3) is 0.533. The molecule has 21 heavy (non-hydrogen) atoms. The molecule has 0 aliphatic carbocycles. The quantitative estimate of drug-likeness (QED) is 0.828. The number of oxazole rings is 1. The highest BCUT2D eigenvalue weighted by Gasteiger charge is 2.31. The molecule has 0 amide bonds. The zero-order chi connectivity index (χ0) is 14.9. The van der Waals surface area contributed by atoms with Crippen molar-refractivity contribution in [1.29, 1.82) is 0 Å². The second-order valence-corrected chi connectivity index (χ2v) is 5.84. The number of ether oxygens (including phenoxy) is 1. The van der Waals surface area contributed by atoms with E-state index in [2.05, 4.69) is 4.98 Å². The van der Waals surface area contributed by atoms with E-state index in [0.717, 1.165) is 5.52 Å². The predicted molar refractivity (Wildman–Crippen MR) is 79.8 cm³/mol. The van der Waals surface area contributed by atoms with Crippen molar-refractivity contribution in [3.63, 3.8) is 0 Å². The number of fused-ring (bicyclic) bond motifs is 1. The van der Waals surface area contributed by atoms with Gasteiger partial charge in [-0.3, -0.25) is 4.90 Å². The van der Waals surface area contributed by atoms with Gasteiger partial charge in [-0.15, -0.1) is 0 Å². The van der Waals surface area contributed by atoms with Crippen LogP contribution in [0.15, 0.2) is 22.6 Å². The number of hydrogen-bond donors (Lipinski definition) is 2.